The summed E-state index contributed by atoms with van der Waals surface area (Å²) in [5, 5.41) is 11.9. The van der Waals surface area contributed by atoms with E-state index in [1.54, 1.807) is 0 Å². The lowest BCUT2D eigenvalue weighted by Crippen LogP contribution is -2.40. The van der Waals surface area contributed by atoms with Crippen LogP contribution in [0.15, 0.2) is 42.6 Å². The van der Waals surface area contributed by atoms with Crippen molar-refractivity contribution in [2.75, 3.05) is 11.2 Å². The number of hydrogen-bond donors (Lipinski definition) is 2. The summed E-state index contributed by atoms with van der Waals surface area (Å²) in [5.41, 5.74) is 2.65. The number of halogens is 2. The molecule has 4 rings (SSSR count). The van der Waals surface area contributed by atoms with Gasteiger partial charge in [-0.3, -0.25) is 4.79 Å². The van der Waals surface area contributed by atoms with E-state index in [0.717, 1.165) is 48.4 Å². The average Bonchev–Trinajstić information content (AvgIpc) is 3.12. The van der Waals surface area contributed by atoms with Crippen molar-refractivity contribution in [3.8, 4) is 11.3 Å². The molecule has 0 bridgehead atoms. The number of hydrogen-bond acceptors (Lipinski definition) is 4. The standard InChI is InChI=1S/C20H21Cl2N5O/c21-11-20(28)25-16-6-4-15(5-7-16)24-18-8-9-19-23-12-17(27(19)26-18)13-2-1-3-14(22)10-13/h1-3,8-10,12,15-16H,4-7,11H2,(H,24,26)(H,25,28)/t15-,16-. The van der Waals surface area contributed by atoms with Gasteiger partial charge in [-0.05, 0) is 49.9 Å². The third kappa shape index (κ3) is 4.23. The lowest BCUT2D eigenvalue weighted by atomic mass is 9.91. The van der Waals surface area contributed by atoms with Gasteiger partial charge in [0.25, 0.3) is 0 Å². The topological polar surface area (TPSA) is 71.3 Å². The maximum absolute atomic E-state index is 11.4. The largest absolute Gasteiger partial charge is 0.366 e. The van der Waals surface area contributed by atoms with Crippen LogP contribution in [0.1, 0.15) is 25.7 Å². The molecular weight excluding hydrogens is 397 g/mol. The second kappa shape index (κ2) is 8.37. The number of nitrogens with one attached hydrogen (secondary N) is 2. The summed E-state index contributed by atoms with van der Waals surface area (Å²) in [6.07, 6.45) is 5.61. The highest BCUT2D eigenvalue weighted by Gasteiger charge is 2.22. The Kier molecular flexibility index (Phi) is 5.69. The van der Waals surface area contributed by atoms with Crippen molar-refractivity contribution in [3.05, 3.63) is 47.6 Å². The number of aromatic nitrogens is 3. The number of rotatable bonds is 5. The Morgan fingerprint density at radius 3 is 2.68 bits per heavy atom. The number of carbonyl (C=O) groups excluding carboxylic acids is 1. The molecule has 3 aromatic rings. The van der Waals surface area contributed by atoms with Crippen LogP contribution in [0.3, 0.4) is 0 Å². The zero-order chi connectivity index (χ0) is 19.5. The fourth-order valence-electron chi connectivity index (χ4n) is 3.65. The van der Waals surface area contributed by atoms with Gasteiger partial charge in [-0.25, -0.2) is 9.50 Å². The second-order valence-corrected chi connectivity index (χ2v) is 7.74. The Balaban J connectivity index is 1.47. The van der Waals surface area contributed by atoms with Crippen molar-refractivity contribution in [1.82, 2.24) is 19.9 Å². The number of carbonyl (C=O) groups is 1. The van der Waals surface area contributed by atoms with Gasteiger partial charge in [0.15, 0.2) is 5.65 Å². The van der Waals surface area contributed by atoms with Crippen LogP contribution in [0.4, 0.5) is 5.82 Å². The molecule has 2 heterocycles. The van der Waals surface area contributed by atoms with Crippen molar-refractivity contribution in [1.29, 1.82) is 0 Å². The first kappa shape index (κ1) is 19.0. The van der Waals surface area contributed by atoms with Crippen molar-refractivity contribution in [2.45, 2.75) is 37.8 Å². The number of anilines is 1. The van der Waals surface area contributed by atoms with E-state index in [1.807, 2.05) is 47.1 Å². The van der Waals surface area contributed by atoms with Gasteiger partial charge in [0.2, 0.25) is 5.91 Å². The molecule has 6 nitrogen and oxygen atoms in total. The van der Waals surface area contributed by atoms with Gasteiger partial charge in [-0.2, -0.15) is 0 Å². The summed E-state index contributed by atoms with van der Waals surface area (Å²) in [5.74, 6) is 0.725. The van der Waals surface area contributed by atoms with Crippen LogP contribution >= 0.6 is 23.2 Å². The Morgan fingerprint density at radius 2 is 1.93 bits per heavy atom. The molecule has 1 amide bonds. The van der Waals surface area contributed by atoms with Crippen LogP contribution in [0.25, 0.3) is 16.9 Å². The van der Waals surface area contributed by atoms with Gasteiger partial charge in [-0.1, -0.05) is 23.7 Å². The van der Waals surface area contributed by atoms with Gasteiger partial charge < -0.3 is 10.6 Å². The Hall–Kier alpha value is -2.31. The Labute approximate surface area is 173 Å². The van der Waals surface area contributed by atoms with E-state index in [-0.39, 0.29) is 17.8 Å². The first-order valence-electron chi connectivity index (χ1n) is 9.35. The average molecular weight is 418 g/mol. The molecule has 0 saturated heterocycles. The van der Waals surface area contributed by atoms with E-state index in [2.05, 4.69) is 15.6 Å². The molecule has 0 radical (unpaired) electrons. The Morgan fingerprint density at radius 1 is 1.14 bits per heavy atom. The van der Waals surface area contributed by atoms with Crippen molar-refractivity contribution >= 4 is 40.6 Å². The van der Waals surface area contributed by atoms with E-state index in [0.29, 0.717) is 11.1 Å². The molecule has 0 atom stereocenters. The summed E-state index contributed by atoms with van der Waals surface area (Å²) in [7, 11) is 0. The maximum atomic E-state index is 11.4. The van der Waals surface area contributed by atoms with Crippen LogP contribution in [0, 0.1) is 0 Å². The van der Waals surface area contributed by atoms with Crippen LogP contribution in [-0.4, -0.2) is 38.5 Å². The molecular formula is C20H21Cl2N5O. The molecule has 0 spiro atoms. The zero-order valence-electron chi connectivity index (χ0n) is 15.2. The fraction of sp³-hybridized carbons (Fsp3) is 0.350. The second-order valence-electron chi connectivity index (χ2n) is 7.04. The zero-order valence-corrected chi connectivity index (χ0v) is 16.7. The highest BCUT2D eigenvalue weighted by atomic mass is 35.5. The van der Waals surface area contributed by atoms with Crippen molar-refractivity contribution < 1.29 is 4.79 Å². The van der Waals surface area contributed by atoms with E-state index < -0.39 is 0 Å². The van der Waals surface area contributed by atoms with Gasteiger partial charge in [-0.15, -0.1) is 16.7 Å². The van der Waals surface area contributed by atoms with Crippen LogP contribution in [0.2, 0.25) is 5.02 Å². The molecule has 146 valence electrons. The number of amides is 1. The summed E-state index contributed by atoms with van der Waals surface area (Å²) in [6, 6.07) is 12.1. The number of fused-ring (bicyclic) bond motifs is 1. The minimum atomic E-state index is -0.0983. The summed E-state index contributed by atoms with van der Waals surface area (Å²) in [6.45, 7) is 0. The first-order valence-corrected chi connectivity index (χ1v) is 10.3. The number of benzene rings is 1. The Bertz CT molecular complexity index is 982. The van der Waals surface area contributed by atoms with Crippen LogP contribution in [0.5, 0.6) is 0 Å². The molecule has 8 heteroatoms. The smallest absolute Gasteiger partial charge is 0.235 e. The van der Waals surface area contributed by atoms with Crippen molar-refractivity contribution in [2.24, 2.45) is 0 Å². The summed E-state index contributed by atoms with van der Waals surface area (Å²) < 4.78 is 1.83. The highest BCUT2D eigenvalue weighted by molar-refractivity contribution is 6.30. The van der Waals surface area contributed by atoms with Crippen molar-refractivity contribution in [3.63, 3.8) is 0 Å². The van der Waals surface area contributed by atoms with Crippen LogP contribution in [-0.2, 0) is 4.79 Å². The maximum Gasteiger partial charge on any atom is 0.235 e. The third-order valence-corrected chi connectivity index (χ3v) is 5.53. The van der Waals surface area contributed by atoms with E-state index in [1.165, 1.54) is 0 Å². The molecule has 2 aromatic heterocycles. The molecule has 1 aromatic carbocycles. The lowest BCUT2D eigenvalue weighted by Gasteiger charge is -2.29. The van der Waals surface area contributed by atoms with Gasteiger partial charge in [0.1, 0.15) is 11.7 Å². The number of imidazole rings is 1. The molecule has 0 unspecified atom stereocenters. The van der Waals surface area contributed by atoms with E-state index >= 15 is 0 Å². The predicted molar refractivity (Wildman–Crippen MR) is 112 cm³/mol. The summed E-state index contributed by atoms with van der Waals surface area (Å²) >= 11 is 11.7. The highest BCUT2D eigenvalue weighted by Crippen LogP contribution is 2.25. The SMILES string of the molecule is O=C(CCl)N[C@H]1CC[C@H](Nc2ccc3ncc(-c4cccc(Cl)c4)n3n2)CC1. The summed E-state index contributed by atoms with van der Waals surface area (Å²) in [4.78, 5) is 15.9. The van der Waals surface area contributed by atoms with E-state index in [9.17, 15) is 4.79 Å². The predicted octanol–water partition coefficient (Wildman–Crippen LogP) is 4.13. The quantitative estimate of drug-likeness (QED) is 0.612. The minimum absolute atomic E-state index is 0.0159. The fourth-order valence-corrected chi connectivity index (χ4v) is 3.92. The minimum Gasteiger partial charge on any atom is -0.366 e. The molecule has 1 aliphatic rings. The normalized spacial score (nSPS) is 19.5. The molecule has 28 heavy (non-hydrogen) atoms. The van der Waals surface area contributed by atoms with Crippen LogP contribution < -0.4 is 10.6 Å². The third-order valence-electron chi connectivity index (χ3n) is 5.05. The number of nitrogens with zero attached hydrogens (tertiary/aromatic N) is 3. The molecule has 1 saturated carbocycles. The molecule has 1 aliphatic carbocycles. The monoisotopic (exact) mass is 417 g/mol. The van der Waals surface area contributed by atoms with E-state index in [4.69, 9.17) is 28.3 Å². The molecule has 1 fully saturated rings. The molecule has 0 aliphatic heterocycles. The van der Waals surface area contributed by atoms with Gasteiger partial charge in [0.05, 0.1) is 11.9 Å². The first-order chi connectivity index (χ1) is 13.6. The molecule has 2 N–H and O–H groups in total. The van der Waals surface area contributed by atoms with Gasteiger partial charge in [0, 0.05) is 22.7 Å². The lowest BCUT2D eigenvalue weighted by molar-refractivity contribution is -0.119. The number of alkyl halides is 1. The van der Waals surface area contributed by atoms with Gasteiger partial charge >= 0.3 is 0 Å².